The number of nitrogens with zero attached hydrogens (tertiary/aromatic N) is 1. The Morgan fingerprint density at radius 3 is 2.52 bits per heavy atom. The third kappa shape index (κ3) is 6.06. The lowest BCUT2D eigenvalue weighted by Gasteiger charge is -2.34. The molecular weight excluding hydrogens is 366 g/mol. The molecule has 0 bridgehead atoms. The molecule has 1 saturated heterocycles. The third-order valence-corrected chi connectivity index (χ3v) is 5.01. The molecule has 1 heterocycles. The zero-order chi connectivity index (χ0) is 20.5. The second kappa shape index (κ2) is 10.6. The fraction of sp³-hybridized carbons (Fsp3) is 0.391. The van der Waals surface area contributed by atoms with Crippen LogP contribution in [0.25, 0.3) is 0 Å². The van der Waals surface area contributed by atoms with Crippen LogP contribution in [0.2, 0.25) is 0 Å². The molecule has 154 valence electrons. The minimum absolute atomic E-state index is 0.175. The first-order valence-electron chi connectivity index (χ1n) is 10.2. The Balaban J connectivity index is 1.53. The molecule has 3 rings (SSSR count). The highest BCUT2D eigenvalue weighted by Crippen LogP contribution is 2.10. The average Bonchev–Trinajstić information content (AvgIpc) is 2.77. The molecule has 0 aliphatic carbocycles. The van der Waals surface area contributed by atoms with E-state index in [4.69, 9.17) is 4.74 Å². The van der Waals surface area contributed by atoms with E-state index in [1.807, 2.05) is 42.5 Å². The quantitative estimate of drug-likeness (QED) is 0.756. The van der Waals surface area contributed by atoms with E-state index in [2.05, 4.69) is 29.7 Å². The van der Waals surface area contributed by atoms with E-state index in [0.717, 1.165) is 24.0 Å². The number of aryl methyl sites for hydroxylation is 1. The van der Waals surface area contributed by atoms with Crippen LogP contribution in [0.15, 0.2) is 54.6 Å². The van der Waals surface area contributed by atoms with E-state index in [-0.39, 0.29) is 12.5 Å². The van der Waals surface area contributed by atoms with Crippen LogP contribution in [0, 0.1) is 0 Å². The van der Waals surface area contributed by atoms with Crippen LogP contribution in [0.4, 0.5) is 4.79 Å². The Kier molecular flexibility index (Phi) is 7.64. The van der Waals surface area contributed by atoms with Crippen LogP contribution in [-0.4, -0.2) is 42.6 Å². The maximum atomic E-state index is 12.7. The summed E-state index contributed by atoms with van der Waals surface area (Å²) in [4.78, 5) is 26.8. The van der Waals surface area contributed by atoms with Gasteiger partial charge in [-0.25, -0.2) is 4.79 Å². The molecule has 2 aromatic rings. The molecule has 0 spiro atoms. The molecule has 6 heteroatoms. The number of hydrogen-bond donors (Lipinski definition) is 2. The number of benzene rings is 2. The van der Waals surface area contributed by atoms with Gasteiger partial charge in [0.1, 0.15) is 12.6 Å². The number of hydrogen-bond acceptors (Lipinski definition) is 4. The number of ether oxygens (including phenoxy) is 1. The molecule has 1 atom stereocenters. The molecule has 2 aromatic carbocycles. The van der Waals surface area contributed by atoms with E-state index in [9.17, 15) is 9.59 Å². The van der Waals surface area contributed by atoms with Crippen LogP contribution in [0.3, 0.4) is 0 Å². The van der Waals surface area contributed by atoms with E-state index in [1.54, 1.807) is 0 Å². The highest BCUT2D eigenvalue weighted by atomic mass is 16.6. The summed E-state index contributed by atoms with van der Waals surface area (Å²) in [6, 6.07) is 17.2. The van der Waals surface area contributed by atoms with Crippen molar-refractivity contribution in [2.24, 2.45) is 0 Å². The van der Waals surface area contributed by atoms with Gasteiger partial charge in [-0.05, 0) is 23.1 Å². The molecule has 29 heavy (non-hydrogen) atoms. The van der Waals surface area contributed by atoms with Crippen LogP contribution < -0.4 is 10.6 Å². The Hall–Kier alpha value is -2.86. The van der Waals surface area contributed by atoms with Gasteiger partial charge in [0.05, 0.1) is 0 Å². The summed E-state index contributed by atoms with van der Waals surface area (Å²) in [7, 11) is 0. The van der Waals surface area contributed by atoms with Crippen molar-refractivity contribution >= 4 is 12.0 Å². The van der Waals surface area contributed by atoms with Crippen molar-refractivity contribution in [2.45, 2.75) is 39.0 Å². The summed E-state index contributed by atoms with van der Waals surface area (Å²) in [5, 5.41) is 6.13. The van der Waals surface area contributed by atoms with Gasteiger partial charge in [0, 0.05) is 26.2 Å². The predicted molar refractivity (Wildman–Crippen MR) is 112 cm³/mol. The zero-order valence-corrected chi connectivity index (χ0v) is 16.9. The minimum Gasteiger partial charge on any atom is -0.445 e. The molecule has 2 amide bonds. The van der Waals surface area contributed by atoms with Gasteiger partial charge in [-0.1, -0.05) is 67.9 Å². The Labute approximate surface area is 172 Å². The molecule has 0 aromatic heterocycles. The van der Waals surface area contributed by atoms with Gasteiger partial charge in [0.25, 0.3) is 0 Å². The molecule has 2 N–H and O–H groups in total. The van der Waals surface area contributed by atoms with E-state index in [0.29, 0.717) is 26.2 Å². The summed E-state index contributed by atoms with van der Waals surface area (Å²) < 4.78 is 5.43. The summed E-state index contributed by atoms with van der Waals surface area (Å²) in [5.41, 5.74) is 3.26. The monoisotopic (exact) mass is 395 g/mol. The highest BCUT2D eigenvalue weighted by Gasteiger charge is 2.33. The molecule has 6 nitrogen and oxygen atoms in total. The van der Waals surface area contributed by atoms with Gasteiger partial charge in [0.2, 0.25) is 5.91 Å². The zero-order valence-electron chi connectivity index (χ0n) is 16.9. The normalized spacial score (nSPS) is 16.3. The van der Waals surface area contributed by atoms with Crippen molar-refractivity contribution in [3.63, 3.8) is 0 Å². The Morgan fingerprint density at radius 1 is 1.07 bits per heavy atom. The average molecular weight is 396 g/mol. The van der Waals surface area contributed by atoms with Crippen LogP contribution >= 0.6 is 0 Å². The third-order valence-electron chi connectivity index (χ3n) is 5.01. The lowest BCUT2D eigenvalue weighted by atomic mass is 10.1. The molecule has 0 saturated carbocycles. The van der Waals surface area contributed by atoms with E-state index < -0.39 is 12.1 Å². The lowest BCUT2D eigenvalue weighted by Crippen LogP contribution is -2.59. The molecule has 1 aliphatic rings. The van der Waals surface area contributed by atoms with Gasteiger partial charge in [0.15, 0.2) is 0 Å². The topological polar surface area (TPSA) is 70.7 Å². The standard InChI is InChI=1S/C23H29N3O3/c1-2-6-18-9-11-19(12-10-18)15-25-22(27)21-16-24-13-14-26(21)23(28)29-17-20-7-4-3-5-8-20/h3-5,7-12,21,24H,2,6,13-17H2,1H3,(H,25,27). The first-order chi connectivity index (χ1) is 14.2. The first kappa shape index (κ1) is 20.9. The largest absolute Gasteiger partial charge is 0.445 e. The predicted octanol–water partition coefficient (Wildman–Crippen LogP) is 2.87. The van der Waals surface area contributed by atoms with Gasteiger partial charge in [-0.15, -0.1) is 0 Å². The maximum Gasteiger partial charge on any atom is 0.410 e. The second-order valence-electron chi connectivity index (χ2n) is 7.24. The minimum atomic E-state index is -0.577. The van der Waals surface area contributed by atoms with Gasteiger partial charge in [-0.2, -0.15) is 0 Å². The fourth-order valence-electron chi connectivity index (χ4n) is 3.38. The van der Waals surface area contributed by atoms with E-state index in [1.165, 1.54) is 10.5 Å². The molecule has 1 fully saturated rings. The smallest absolute Gasteiger partial charge is 0.410 e. The Bertz CT molecular complexity index is 793. The van der Waals surface area contributed by atoms with Crippen LogP contribution in [-0.2, 0) is 29.1 Å². The maximum absolute atomic E-state index is 12.7. The van der Waals surface area contributed by atoms with Gasteiger partial charge >= 0.3 is 6.09 Å². The number of nitrogens with one attached hydrogen (secondary N) is 2. The van der Waals surface area contributed by atoms with Gasteiger partial charge in [-0.3, -0.25) is 9.69 Å². The number of rotatable bonds is 7. The summed E-state index contributed by atoms with van der Waals surface area (Å²) in [5.74, 6) is -0.175. The SMILES string of the molecule is CCCc1ccc(CNC(=O)C2CNCCN2C(=O)OCc2ccccc2)cc1. The van der Waals surface area contributed by atoms with Crippen molar-refractivity contribution in [3.05, 3.63) is 71.3 Å². The summed E-state index contributed by atoms with van der Waals surface area (Å²) >= 11 is 0. The van der Waals surface area contributed by atoms with Gasteiger partial charge < -0.3 is 15.4 Å². The highest BCUT2D eigenvalue weighted by molar-refractivity contribution is 5.86. The number of amides is 2. The van der Waals surface area contributed by atoms with E-state index >= 15 is 0 Å². The number of carbonyl (C=O) groups excluding carboxylic acids is 2. The number of carbonyl (C=O) groups is 2. The van der Waals surface area contributed by atoms with Crippen molar-refractivity contribution in [3.8, 4) is 0 Å². The molecule has 1 unspecified atom stereocenters. The molecular formula is C23H29N3O3. The fourth-order valence-corrected chi connectivity index (χ4v) is 3.38. The van der Waals surface area contributed by atoms with Crippen molar-refractivity contribution in [1.29, 1.82) is 0 Å². The Morgan fingerprint density at radius 2 is 1.79 bits per heavy atom. The van der Waals surface area contributed by atoms with Crippen molar-refractivity contribution < 1.29 is 14.3 Å². The summed E-state index contributed by atoms with van der Waals surface area (Å²) in [6.07, 6.45) is 1.71. The molecule has 1 aliphatic heterocycles. The lowest BCUT2D eigenvalue weighted by molar-refractivity contribution is -0.126. The number of piperazine rings is 1. The van der Waals surface area contributed by atoms with Crippen LogP contribution in [0.1, 0.15) is 30.0 Å². The molecule has 0 radical (unpaired) electrons. The first-order valence-corrected chi connectivity index (χ1v) is 10.2. The second-order valence-corrected chi connectivity index (χ2v) is 7.24. The van der Waals surface area contributed by atoms with Crippen molar-refractivity contribution in [2.75, 3.05) is 19.6 Å². The van der Waals surface area contributed by atoms with Crippen molar-refractivity contribution in [1.82, 2.24) is 15.5 Å². The summed E-state index contributed by atoms with van der Waals surface area (Å²) in [6.45, 7) is 4.29. The van der Waals surface area contributed by atoms with Crippen LogP contribution in [0.5, 0.6) is 0 Å².